The van der Waals surface area contributed by atoms with Crippen LogP contribution in [0, 0.1) is 11.7 Å². The zero-order valence-corrected chi connectivity index (χ0v) is 12.8. The van der Waals surface area contributed by atoms with E-state index < -0.39 is 15.8 Å². The van der Waals surface area contributed by atoms with E-state index in [9.17, 15) is 12.8 Å². The zero-order valence-electron chi connectivity index (χ0n) is 11.2. The van der Waals surface area contributed by atoms with Crippen molar-refractivity contribution in [3.8, 4) is 0 Å². The molecule has 1 aromatic carbocycles. The van der Waals surface area contributed by atoms with Gasteiger partial charge in [0.2, 0.25) is 10.0 Å². The van der Waals surface area contributed by atoms with Crippen LogP contribution < -0.4 is 5.73 Å². The number of hydrogen-bond donors (Lipinski definition) is 1. The molecule has 0 bridgehead atoms. The van der Waals surface area contributed by atoms with Crippen LogP contribution in [0.3, 0.4) is 0 Å². The smallest absolute Gasteiger partial charge is 0.243 e. The summed E-state index contributed by atoms with van der Waals surface area (Å²) >= 11 is 5.66. The Morgan fingerprint density at radius 2 is 2.20 bits per heavy atom. The maximum absolute atomic E-state index is 13.1. The van der Waals surface area contributed by atoms with Gasteiger partial charge in [0, 0.05) is 19.1 Å². The van der Waals surface area contributed by atoms with Gasteiger partial charge < -0.3 is 5.73 Å². The molecule has 1 fully saturated rings. The highest BCUT2D eigenvalue weighted by atomic mass is 35.5. The molecule has 7 heteroatoms. The van der Waals surface area contributed by atoms with Crippen LogP contribution in [-0.4, -0.2) is 31.9 Å². The lowest BCUT2D eigenvalue weighted by molar-refractivity contribution is 0.230. The Kier molecular flexibility index (Phi) is 4.69. The first-order chi connectivity index (χ1) is 9.36. The number of halogens is 2. The SMILES string of the molecule is CCC1CN(S(=O)(=O)c2ccc(F)c(Cl)c2)CCC1N. The third-order valence-electron chi connectivity index (χ3n) is 3.81. The van der Waals surface area contributed by atoms with Gasteiger partial charge in [-0.3, -0.25) is 0 Å². The van der Waals surface area contributed by atoms with Crippen LogP contribution in [0.5, 0.6) is 0 Å². The van der Waals surface area contributed by atoms with E-state index in [1.165, 1.54) is 10.4 Å². The number of benzene rings is 1. The summed E-state index contributed by atoms with van der Waals surface area (Å²) in [4.78, 5) is 0.0224. The summed E-state index contributed by atoms with van der Waals surface area (Å²) in [5, 5.41) is -0.188. The number of sulfonamides is 1. The molecule has 2 N–H and O–H groups in total. The van der Waals surface area contributed by atoms with Gasteiger partial charge in [-0.15, -0.1) is 0 Å². The number of nitrogens with two attached hydrogens (primary N) is 1. The summed E-state index contributed by atoms with van der Waals surface area (Å²) in [6, 6.07) is 3.50. The molecule has 112 valence electrons. The van der Waals surface area contributed by atoms with E-state index in [1.54, 1.807) is 0 Å². The van der Waals surface area contributed by atoms with E-state index in [2.05, 4.69) is 0 Å². The van der Waals surface area contributed by atoms with Crippen molar-refractivity contribution in [2.24, 2.45) is 11.7 Å². The second-order valence-electron chi connectivity index (χ2n) is 5.06. The summed E-state index contributed by atoms with van der Waals surface area (Å²) in [7, 11) is -3.64. The molecule has 0 saturated carbocycles. The Morgan fingerprint density at radius 3 is 2.80 bits per heavy atom. The second-order valence-corrected chi connectivity index (χ2v) is 7.40. The Bertz CT molecular complexity index is 594. The van der Waals surface area contributed by atoms with Crippen molar-refractivity contribution in [3.05, 3.63) is 29.0 Å². The summed E-state index contributed by atoms with van der Waals surface area (Å²) in [5.41, 5.74) is 5.99. The highest BCUT2D eigenvalue weighted by molar-refractivity contribution is 7.89. The van der Waals surface area contributed by atoms with Crippen molar-refractivity contribution in [1.82, 2.24) is 4.31 Å². The molecule has 0 aromatic heterocycles. The molecule has 2 unspecified atom stereocenters. The number of hydrogen-bond acceptors (Lipinski definition) is 3. The molecular formula is C13H18ClFN2O2S. The van der Waals surface area contributed by atoms with Gasteiger partial charge in [0.25, 0.3) is 0 Å². The van der Waals surface area contributed by atoms with Crippen molar-refractivity contribution < 1.29 is 12.8 Å². The van der Waals surface area contributed by atoms with Gasteiger partial charge in [0.05, 0.1) is 9.92 Å². The van der Waals surface area contributed by atoms with Gasteiger partial charge in [-0.1, -0.05) is 24.9 Å². The third kappa shape index (κ3) is 2.98. The Labute approximate surface area is 123 Å². The average molecular weight is 321 g/mol. The van der Waals surface area contributed by atoms with E-state index in [0.717, 1.165) is 18.6 Å². The Hall–Kier alpha value is -0.690. The van der Waals surface area contributed by atoms with Crippen LogP contribution in [0.2, 0.25) is 5.02 Å². The van der Waals surface area contributed by atoms with Crippen LogP contribution in [0.4, 0.5) is 4.39 Å². The molecule has 2 atom stereocenters. The number of rotatable bonds is 3. The highest BCUT2D eigenvalue weighted by Crippen LogP contribution is 2.27. The van der Waals surface area contributed by atoms with Crippen molar-refractivity contribution in [3.63, 3.8) is 0 Å². The van der Waals surface area contributed by atoms with Crippen molar-refractivity contribution in [2.75, 3.05) is 13.1 Å². The van der Waals surface area contributed by atoms with Gasteiger partial charge in [-0.2, -0.15) is 4.31 Å². The van der Waals surface area contributed by atoms with E-state index in [1.807, 2.05) is 6.92 Å². The second kappa shape index (κ2) is 5.97. The van der Waals surface area contributed by atoms with Crippen LogP contribution in [-0.2, 0) is 10.0 Å². The first-order valence-corrected chi connectivity index (χ1v) is 8.39. The van der Waals surface area contributed by atoms with E-state index in [-0.39, 0.29) is 21.9 Å². The maximum Gasteiger partial charge on any atom is 0.243 e. The predicted molar refractivity (Wildman–Crippen MR) is 76.5 cm³/mol. The fourth-order valence-corrected chi connectivity index (χ4v) is 4.24. The molecule has 0 amide bonds. The molecule has 2 rings (SSSR count). The third-order valence-corrected chi connectivity index (χ3v) is 5.96. The first-order valence-electron chi connectivity index (χ1n) is 6.57. The fraction of sp³-hybridized carbons (Fsp3) is 0.538. The first kappa shape index (κ1) is 15.7. The molecule has 4 nitrogen and oxygen atoms in total. The van der Waals surface area contributed by atoms with Gasteiger partial charge in [0.15, 0.2) is 0 Å². The standard InChI is InChI=1S/C13H18ClFN2O2S/c1-2-9-8-17(6-5-13(9)16)20(18,19)10-3-4-12(15)11(14)7-10/h3-4,7,9,13H,2,5-6,8,16H2,1H3. The quantitative estimate of drug-likeness (QED) is 0.929. The van der Waals surface area contributed by atoms with Gasteiger partial charge in [-0.05, 0) is 30.5 Å². The summed E-state index contributed by atoms with van der Waals surface area (Å²) in [5.74, 6) is -0.479. The van der Waals surface area contributed by atoms with Crippen molar-refractivity contribution >= 4 is 21.6 Å². The lowest BCUT2D eigenvalue weighted by atomic mass is 9.92. The molecule has 1 aromatic rings. The van der Waals surface area contributed by atoms with Crippen LogP contribution in [0.25, 0.3) is 0 Å². The van der Waals surface area contributed by atoms with Crippen LogP contribution in [0.15, 0.2) is 23.1 Å². The van der Waals surface area contributed by atoms with Gasteiger partial charge >= 0.3 is 0 Å². The molecule has 1 aliphatic heterocycles. The lowest BCUT2D eigenvalue weighted by Gasteiger charge is -2.35. The summed E-state index contributed by atoms with van der Waals surface area (Å²) in [6.07, 6.45) is 1.46. The minimum atomic E-state index is -3.64. The molecule has 0 spiro atoms. The minimum absolute atomic E-state index is 0.0224. The number of nitrogens with zero attached hydrogens (tertiary/aromatic N) is 1. The van der Waals surface area contributed by atoms with E-state index >= 15 is 0 Å². The average Bonchev–Trinajstić information content (AvgIpc) is 2.42. The Morgan fingerprint density at radius 1 is 1.50 bits per heavy atom. The normalized spacial score (nSPS) is 24.8. The predicted octanol–water partition coefficient (Wildman–Crippen LogP) is 2.23. The molecule has 1 heterocycles. The monoisotopic (exact) mass is 320 g/mol. The zero-order chi connectivity index (χ0) is 14.9. The Balaban J connectivity index is 2.28. The summed E-state index contributed by atoms with van der Waals surface area (Å²) in [6.45, 7) is 2.78. The van der Waals surface area contributed by atoms with E-state index in [4.69, 9.17) is 17.3 Å². The topological polar surface area (TPSA) is 63.4 Å². The lowest BCUT2D eigenvalue weighted by Crippen LogP contribution is -2.48. The van der Waals surface area contributed by atoms with Crippen LogP contribution in [0.1, 0.15) is 19.8 Å². The van der Waals surface area contributed by atoms with Crippen LogP contribution >= 0.6 is 11.6 Å². The maximum atomic E-state index is 13.1. The molecule has 1 aliphatic rings. The highest BCUT2D eigenvalue weighted by Gasteiger charge is 2.33. The van der Waals surface area contributed by atoms with Crippen molar-refractivity contribution in [1.29, 1.82) is 0 Å². The fourth-order valence-electron chi connectivity index (χ4n) is 2.45. The molecular weight excluding hydrogens is 303 g/mol. The number of piperidine rings is 1. The molecule has 0 radical (unpaired) electrons. The van der Waals surface area contributed by atoms with Crippen molar-refractivity contribution in [2.45, 2.75) is 30.7 Å². The molecule has 20 heavy (non-hydrogen) atoms. The minimum Gasteiger partial charge on any atom is -0.327 e. The summed E-state index contributed by atoms with van der Waals surface area (Å²) < 4.78 is 39.6. The van der Waals surface area contributed by atoms with Gasteiger partial charge in [-0.25, -0.2) is 12.8 Å². The van der Waals surface area contributed by atoms with E-state index in [0.29, 0.717) is 19.5 Å². The van der Waals surface area contributed by atoms with Gasteiger partial charge in [0.1, 0.15) is 5.82 Å². The molecule has 0 aliphatic carbocycles. The largest absolute Gasteiger partial charge is 0.327 e. The molecule has 1 saturated heterocycles.